The molecule has 2 fully saturated rings. The number of aliphatic carboxylic acids is 1. The largest absolute Gasteiger partial charge is 0.490 e. The van der Waals surface area contributed by atoms with Crippen molar-refractivity contribution < 1.29 is 14.6 Å². The number of ether oxygens (including phenoxy) is 1. The van der Waals surface area contributed by atoms with Crippen molar-refractivity contribution in [3.8, 4) is 16.9 Å². The number of carbonyl (C=O) groups is 1. The Kier molecular flexibility index (Phi) is 7.75. The molecule has 0 spiro atoms. The quantitative estimate of drug-likeness (QED) is 0.246. The molecule has 0 radical (unpaired) electrons. The molecule has 5 nitrogen and oxygen atoms in total. The first-order valence-corrected chi connectivity index (χ1v) is 13.8. The number of para-hydroxylation sites is 1. The fourth-order valence-corrected chi connectivity index (χ4v) is 5.54. The van der Waals surface area contributed by atoms with Crippen molar-refractivity contribution in [3.63, 3.8) is 0 Å². The number of aromatic nitrogens is 1. The van der Waals surface area contributed by atoms with E-state index in [1.807, 2.05) is 30.6 Å². The van der Waals surface area contributed by atoms with Gasteiger partial charge in [-0.2, -0.15) is 0 Å². The number of carboxylic acids is 1. The average molecular weight is 540 g/mol. The third kappa shape index (κ3) is 6.11. The van der Waals surface area contributed by atoms with E-state index < -0.39 is 5.97 Å². The van der Waals surface area contributed by atoms with Crippen molar-refractivity contribution in [2.75, 3.05) is 0 Å². The lowest BCUT2D eigenvalue weighted by atomic mass is 9.93. The molecule has 0 amide bonds. The Morgan fingerprint density at radius 1 is 1.16 bits per heavy atom. The van der Waals surface area contributed by atoms with Gasteiger partial charge in [0.05, 0.1) is 6.10 Å². The molecule has 1 heterocycles. The van der Waals surface area contributed by atoms with Crippen molar-refractivity contribution in [2.45, 2.75) is 76.0 Å². The van der Waals surface area contributed by atoms with Gasteiger partial charge in [-0.3, -0.25) is 9.78 Å². The molecular formula is C30H32Cl2N2O3. The monoisotopic (exact) mass is 538 g/mol. The lowest BCUT2D eigenvalue weighted by Crippen LogP contribution is -2.29. The standard InChI is InChI=1S/C30H32Cl2N2O3/c1-19(5-4-8-29(35)36)24-16-26(31)20(15-27(24)32)17-34-30(12-13-30)25-18-33-14-11-22(25)23-6-2-3-7-28(23)37-21-9-10-21/h2-3,6-7,11,14-16,18-19,21,34H,4-5,8-10,12-13,17H2,1H3,(H,35,36). The molecule has 0 aliphatic heterocycles. The van der Waals surface area contributed by atoms with Gasteiger partial charge in [0, 0.05) is 46.5 Å². The van der Waals surface area contributed by atoms with Gasteiger partial charge in [0.2, 0.25) is 0 Å². The van der Waals surface area contributed by atoms with Crippen LogP contribution < -0.4 is 10.1 Å². The molecule has 7 heteroatoms. The fourth-order valence-electron chi connectivity index (χ4n) is 4.93. The number of benzene rings is 2. The smallest absolute Gasteiger partial charge is 0.303 e. The summed E-state index contributed by atoms with van der Waals surface area (Å²) in [5.74, 6) is 0.288. The van der Waals surface area contributed by atoms with Crippen LogP contribution in [0.4, 0.5) is 0 Å². The van der Waals surface area contributed by atoms with Crippen LogP contribution in [0.25, 0.3) is 11.1 Å². The van der Waals surface area contributed by atoms with Crippen molar-refractivity contribution >= 4 is 29.2 Å². The predicted molar refractivity (Wildman–Crippen MR) is 147 cm³/mol. The Labute approximate surface area is 228 Å². The first kappa shape index (κ1) is 26.0. The van der Waals surface area contributed by atoms with Gasteiger partial charge in [0.1, 0.15) is 5.75 Å². The molecule has 2 aliphatic carbocycles. The summed E-state index contributed by atoms with van der Waals surface area (Å²) in [5.41, 5.74) is 5.15. The summed E-state index contributed by atoms with van der Waals surface area (Å²) in [4.78, 5) is 15.3. The van der Waals surface area contributed by atoms with Gasteiger partial charge in [0.15, 0.2) is 0 Å². The van der Waals surface area contributed by atoms with E-state index in [-0.39, 0.29) is 17.9 Å². The number of nitrogens with zero attached hydrogens (tertiary/aromatic N) is 1. The number of hydrogen-bond donors (Lipinski definition) is 2. The van der Waals surface area contributed by atoms with E-state index >= 15 is 0 Å². The lowest BCUT2D eigenvalue weighted by Gasteiger charge is -2.23. The number of pyridine rings is 1. The zero-order chi connectivity index (χ0) is 26.0. The molecule has 5 rings (SSSR count). The van der Waals surface area contributed by atoms with Gasteiger partial charge >= 0.3 is 5.97 Å². The van der Waals surface area contributed by atoms with E-state index in [0.29, 0.717) is 29.1 Å². The molecule has 0 saturated heterocycles. The fraction of sp³-hybridized carbons (Fsp3) is 0.400. The van der Waals surface area contributed by atoms with Crippen LogP contribution in [-0.2, 0) is 16.9 Å². The number of carboxylic acid groups (broad SMARTS) is 1. The van der Waals surface area contributed by atoms with Gasteiger partial charge in [0.25, 0.3) is 0 Å². The molecule has 2 saturated carbocycles. The third-order valence-electron chi connectivity index (χ3n) is 7.42. The normalized spacial score (nSPS) is 16.8. The zero-order valence-corrected chi connectivity index (χ0v) is 22.5. The summed E-state index contributed by atoms with van der Waals surface area (Å²) in [6.45, 7) is 2.64. The molecule has 3 aromatic rings. The minimum Gasteiger partial charge on any atom is -0.490 e. The van der Waals surface area contributed by atoms with Crippen LogP contribution in [-0.4, -0.2) is 22.2 Å². The Morgan fingerprint density at radius 2 is 1.95 bits per heavy atom. The first-order chi connectivity index (χ1) is 17.9. The van der Waals surface area contributed by atoms with Crippen molar-refractivity contribution in [3.05, 3.63) is 81.6 Å². The van der Waals surface area contributed by atoms with E-state index in [2.05, 4.69) is 41.5 Å². The maximum Gasteiger partial charge on any atom is 0.303 e. The van der Waals surface area contributed by atoms with Crippen LogP contribution in [0.1, 0.15) is 74.5 Å². The molecular weight excluding hydrogens is 507 g/mol. The summed E-state index contributed by atoms with van der Waals surface area (Å²) < 4.78 is 6.22. The Hall–Kier alpha value is -2.60. The Morgan fingerprint density at radius 3 is 2.68 bits per heavy atom. The van der Waals surface area contributed by atoms with Crippen LogP contribution in [0.3, 0.4) is 0 Å². The number of hydrogen-bond acceptors (Lipinski definition) is 4. The molecule has 2 aliphatic rings. The van der Waals surface area contributed by atoms with Crippen LogP contribution in [0.2, 0.25) is 10.0 Å². The van der Waals surface area contributed by atoms with Crippen LogP contribution in [0.15, 0.2) is 54.9 Å². The topological polar surface area (TPSA) is 71.5 Å². The average Bonchev–Trinajstić information content (AvgIpc) is 3.81. The second-order valence-corrected chi connectivity index (χ2v) is 11.1. The van der Waals surface area contributed by atoms with Crippen molar-refractivity contribution in [2.24, 2.45) is 0 Å². The SMILES string of the molecule is CC(CCCC(=O)O)c1cc(Cl)c(CNC2(c3cnccc3-c3ccccc3OC3CC3)CC2)cc1Cl. The highest BCUT2D eigenvalue weighted by Gasteiger charge is 2.46. The molecule has 2 aromatic carbocycles. The van der Waals surface area contributed by atoms with E-state index in [1.54, 1.807) is 0 Å². The second kappa shape index (κ2) is 11.0. The number of halogens is 2. The van der Waals surface area contributed by atoms with E-state index in [9.17, 15) is 4.79 Å². The zero-order valence-electron chi connectivity index (χ0n) is 21.0. The molecule has 1 atom stereocenters. The van der Waals surface area contributed by atoms with Gasteiger partial charge in [-0.25, -0.2) is 0 Å². The Bertz CT molecular complexity index is 1290. The molecule has 1 aromatic heterocycles. The predicted octanol–water partition coefficient (Wildman–Crippen LogP) is 7.73. The third-order valence-corrected chi connectivity index (χ3v) is 8.10. The highest BCUT2D eigenvalue weighted by Crippen LogP contribution is 2.50. The minimum absolute atomic E-state index is 0.136. The summed E-state index contributed by atoms with van der Waals surface area (Å²) >= 11 is 13.4. The van der Waals surface area contributed by atoms with Gasteiger partial charge < -0.3 is 15.2 Å². The molecule has 1 unspecified atom stereocenters. The maximum atomic E-state index is 10.8. The molecule has 0 bridgehead atoms. The minimum atomic E-state index is -0.776. The van der Waals surface area contributed by atoms with Crippen LogP contribution in [0.5, 0.6) is 5.75 Å². The number of rotatable bonds is 12. The second-order valence-electron chi connectivity index (χ2n) is 10.3. The van der Waals surface area contributed by atoms with Gasteiger partial charge in [-0.1, -0.05) is 48.3 Å². The summed E-state index contributed by atoms with van der Waals surface area (Å²) in [7, 11) is 0. The lowest BCUT2D eigenvalue weighted by molar-refractivity contribution is -0.137. The van der Waals surface area contributed by atoms with E-state index in [4.69, 9.17) is 33.0 Å². The molecule has 37 heavy (non-hydrogen) atoms. The summed E-state index contributed by atoms with van der Waals surface area (Å²) in [6.07, 6.45) is 9.93. The van der Waals surface area contributed by atoms with Crippen molar-refractivity contribution in [1.82, 2.24) is 10.3 Å². The molecule has 194 valence electrons. The van der Waals surface area contributed by atoms with Crippen LogP contribution >= 0.6 is 23.2 Å². The van der Waals surface area contributed by atoms with Gasteiger partial charge in [-0.15, -0.1) is 0 Å². The highest BCUT2D eigenvalue weighted by molar-refractivity contribution is 6.34. The van der Waals surface area contributed by atoms with Crippen molar-refractivity contribution in [1.29, 1.82) is 0 Å². The van der Waals surface area contributed by atoms with Gasteiger partial charge in [-0.05, 0) is 91.0 Å². The Balaban J connectivity index is 1.33. The van der Waals surface area contributed by atoms with E-state index in [0.717, 1.165) is 60.1 Å². The summed E-state index contributed by atoms with van der Waals surface area (Å²) in [6, 6.07) is 14.2. The van der Waals surface area contributed by atoms with E-state index in [1.165, 1.54) is 5.56 Å². The number of nitrogens with one attached hydrogen (secondary N) is 1. The highest BCUT2D eigenvalue weighted by atomic mass is 35.5. The maximum absolute atomic E-state index is 10.8. The first-order valence-electron chi connectivity index (χ1n) is 13.0. The van der Waals surface area contributed by atoms with Crippen LogP contribution in [0, 0.1) is 0 Å². The molecule has 2 N–H and O–H groups in total. The summed E-state index contributed by atoms with van der Waals surface area (Å²) in [5, 5.41) is 14.0.